The number of carboxylic acid groups (broad SMARTS) is 1. The molecule has 0 aromatic carbocycles. The van der Waals surface area contributed by atoms with Crippen molar-refractivity contribution >= 4 is 17.9 Å². The highest BCUT2D eigenvalue weighted by Gasteiger charge is 2.21. The number of hydrogen-bond donors (Lipinski definition) is 0. The normalized spacial score (nSPS) is 13.1. The summed E-state index contributed by atoms with van der Waals surface area (Å²) in [6.45, 7) is 4.64. The number of carboxylic acids is 1. The van der Waals surface area contributed by atoms with Gasteiger partial charge in [-0.2, -0.15) is 0 Å². The predicted molar refractivity (Wildman–Crippen MR) is 159 cm³/mol. The van der Waals surface area contributed by atoms with Crippen LogP contribution in [0.25, 0.3) is 0 Å². The van der Waals surface area contributed by atoms with Gasteiger partial charge in [-0.25, -0.2) is 0 Å². The summed E-state index contributed by atoms with van der Waals surface area (Å²) >= 11 is 0. The molecule has 0 aromatic rings. The highest BCUT2D eigenvalue weighted by Crippen LogP contribution is 2.12. The van der Waals surface area contributed by atoms with E-state index >= 15 is 0 Å². The Balaban J connectivity index is 4.64. The second-order valence-electron chi connectivity index (χ2n) is 12.1. The number of hydrogen-bond acceptors (Lipinski definition) is 8. The zero-order valence-electron chi connectivity index (χ0n) is 26.9. The highest BCUT2D eigenvalue weighted by molar-refractivity contribution is 5.70. The summed E-state index contributed by atoms with van der Waals surface area (Å²) in [7, 11) is 5.88. The Hall–Kier alpha value is -1.71. The van der Waals surface area contributed by atoms with Crippen LogP contribution in [0.1, 0.15) is 129 Å². The van der Waals surface area contributed by atoms with Crippen LogP contribution in [0.5, 0.6) is 0 Å². The number of aliphatic carboxylic acids is 1. The lowest BCUT2D eigenvalue weighted by Crippen LogP contribution is -2.44. The van der Waals surface area contributed by atoms with Gasteiger partial charge in [0, 0.05) is 12.8 Å². The van der Waals surface area contributed by atoms with Crippen molar-refractivity contribution in [2.45, 2.75) is 142 Å². The van der Waals surface area contributed by atoms with Gasteiger partial charge in [-0.15, -0.1) is 0 Å². The highest BCUT2D eigenvalue weighted by atomic mass is 16.7. The molecular formula is C32H61NO8. The summed E-state index contributed by atoms with van der Waals surface area (Å²) in [6.07, 6.45) is 15.9. The van der Waals surface area contributed by atoms with Gasteiger partial charge >= 0.3 is 11.9 Å². The summed E-state index contributed by atoms with van der Waals surface area (Å²) < 4.78 is 22.2. The number of carbonyl (C=O) groups excluding carboxylic acids is 3. The number of carbonyl (C=O) groups is 3. The Kier molecular flexibility index (Phi) is 24.9. The molecule has 0 spiro atoms. The molecule has 0 heterocycles. The summed E-state index contributed by atoms with van der Waals surface area (Å²) in [5.41, 5.74) is 0. The number of likely N-dealkylation sites (N-methyl/N-ethyl adjacent to an activating group) is 1. The topological polar surface area (TPSA) is 111 Å². The molecule has 0 bridgehead atoms. The second-order valence-corrected chi connectivity index (χ2v) is 12.1. The van der Waals surface area contributed by atoms with E-state index in [0.29, 0.717) is 23.9 Å². The number of rotatable bonds is 29. The predicted octanol–water partition coefficient (Wildman–Crippen LogP) is 5.32. The van der Waals surface area contributed by atoms with Crippen molar-refractivity contribution in [1.82, 2.24) is 0 Å². The fourth-order valence-electron chi connectivity index (χ4n) is 4.24. The first-order chi connectivity index (χ1) is 19.6. The van der Waals surface area contributed by atoms with Gasteiger partial charge < -0.3 is 33.3 Å². The molecule has 2 unspecified atom stereocenters. The number of ether oxygens (including phenoxy) is 4. The van der Waals surface area contributed by atoms with Gasteiger partial charge in [-0.3, -0.25) is 9.59 Å². The van der Waals surface area contributed by atoms with E-state index in [1.54, 1.807) is 0 Å². The van der Waals surface area contributed by atoms with Gasteiger partial charge in [0.15, 0.2) is 12.4 Å². The average molecular weight is 588 g/mol. The molecule has 9 heteroatoms. The Morgan fingerprint density at radius 3 is 1.56 bits per heavy atom. The third-order valence-corrected chi connectivity index (χ3v) is 6.85. The second kappa shape index (κ2) is 26.0. The number of esters is 2. The molecular weight excluding hydrogens is 526 g/mol. The molecule has 0 N–H and O–H groups in total. The molecule has 0 amide bonds. The third kappa shape index (κ3) is 26.9. The third-order valence-electron chi connectivity index (χ3n) is 6.85. The first-order valence-corrected chi connectivity index (χ1v) is 16.2. The Labute approximate surface area is 250 Å². The minimum absolute atomic E-state index is 0.151. The van der Waals surface area contributed by atoms with Crippen LogP contribution in [0.3, 0.4) is 0 Å². The monoisotopic (exact) mass is 587 g/mol. The smallest absolute Gasteiger partial charge is 0.306 e. The summed E-state index contributed by atoms with van der Waals surface area (Å²) in [5.74, 6) is -2.29. The maximum atomic E-state index is 12.5. The average Bonchev–Trinajstić information content (AvgIpc) is 2.91. The number of nitrogens with zero attached hydrogens (tertiary/aromatic N) is 1. The van der Waals surface area contributed by atoms with Crippen LogP contribution in [-0.4, -0.2) is 82.3 Å². The molecule has 41 heavy (non-hydrogen) atoms. The van der Waals surface area contributed by atoms with E-state index in [-0.39, 0.29) is 32.2 Å². The minimum Gasteiger partial charge on any atom is -0.545 e. The van der Waals surface area contributed by atoms with E-state index in [0.717, 1.165) is 32.1 Å². The van der Waals surface area contributed by atoms with E-state index in [4.69, 9.17) is 18.9 Å². The first kappa shape index (κ1) is 39.3. The fraction of sp³-hybridized carbons (Fsp3) is 0.906. The largest absolute Gasteiger partial charge is 0.545 e. The van der Waals surface area contributed by atoms with E-state index in [1.165, 1.54) is 64.2 Å². The summed E-state index contributed by atoms with van der Waals surface area (Å²) in [4.78, 5) is 36.3. The van der Waals surface area contributed by atoms with Crippen LogP contribution >= 0.6 is 0 Å². The van der Waals surface area contributed by atoms with Crippen molar-refractivity contribution in [3.63, 3.8) is 0 Å². The van der Waals surface area contributed by atoms with Crippen LogP contribution in [0.15, 0.2) is 0 Å². The Morgan fingerprint density at radius 2 is 1.10 bits per heavy atom. The zero-order chi connectivity index (χ0) is 30.8. The van der Waals surface area contributed by atoms with Gasteiger partial charge in [-0.05, 0) is 12.8 Å². The number of unbranched alkanes of at least 4 members (excludes halogenated alkanes) is 14. The van der Waals surface area contributed by atoms with Crippen molar-refractivity contribution in [3.05, 3.63) is 0 Å². The van der Waals surface area contributed by atoms with E-state index < -0.39 is 24.3 Å². The molecule has 0 radical (unpaired) electrons. The molecule has 0 aliphatic carbocycles. The Bertz CT molecular complexity index is 665. The van der Waals surface area contributed by atoms with Crippen LogP contribution in [0.4, 0.5) is 0 Å². The minimum atomic E-state index is -1.61. The fourth-order valence-corrected chi connectivity index (χ4v) is 4.24. The van der Waals surface area contributed by atoms with E-state index in [9.17, 15) is 19.5 Å². The zero-order valence-corrected chi connectivity index (χ0v) is 26.9. The van der Waals surface area contributed by atoms with Crippen molar-refractivity contribution in [2.75, 3.05) is 47.5 Å². The molecule has 0 aliphatic rings. The van der Waals surface area contributed by atoms with Gasteiger partial charge in [0.1, 0.15) is 13.2 Å². The molecule has 9 nitrogen and oxygen atoms in total. The quantitative estimate of drug-likeness (QED) is 0.0501. The molecule has 0 aromatic heterocycles. The van der Waals surface area contributed by atoms with Gasteiger partial charge in [0.25, 0.3) is 0 Å². The van der Waals surface area contributed by atoms with Crippen LogP contribution < -0.4 is 5.11 Å². The molecule has 0 fully saturated rings. The molecule has 2 atom stereocenters. The molecule has 0 saturated heterocycles. The Morgan fingerprint density at radius 1 is 0.634 bits per heavy atom. The first-order valence-electron chi connectivity index (χ1n) is 16.2. The van der Waals surface area contributed by atoms with Gasteiger partial charge in [0.05, 0.1) is 40.3 Å². The van der Waals surface area contributed by atoms with Crippen molar-refractivity contribution in [2.24, 2.45) is 0 Å². The summed E-state index contributed by atoms with van der Waals surface area (Å²) in [5, 5.41) is 11.5. The molecule has 242 valence electrons. The van der Waals surface area contributed by atoms with E-state index in [2.05, 4.69) is 13.8 Å². The maximum Gasteiger partial charge on any atom is 0.306 e. The SMILES string of the molecule is CCCCCCCCCCC(=O)OCC(COC(OCC[N+](C)(C)C)C(=O)[O-])OC(=O)CCCCCCCCCC. The lowest BCUT2D eigenvalue weighted by Gasteiger charge is -2.26. The lowest BCUT2D eigenvalue weighted by atomic mass is 10.1. The molecule has 0 saturated carbocycles. The standard InChI is InChI=1S/C32H61NO8/c1-6-8-10-12-14-16-18-20-22-29(34)39-26-28(27-40-32(31(36)37)38-25-24-33(3,4)5)41-30(35)23-21-19-17-15-13-11-9-7-2/h28,32H,6-27H2,1-5H3. The maximum absolute atomic E-state index is 12.5. The van der Waals surface area contributed by atoms with Crippen molar-refractivity contribution in [1.29, 1.82) is 0 Å². The van der Waals surface area contributed by atoms with Crippen molar-refractivity contribution < 1.29 is 42.9 Å². The van der Waals surface area contributed by atoms with Gasteiger partial charge in [0.2, 0.25) is 0 Å². The van der Waals surface area contributed by atoms with Gasteiger partial charge in [-0.1, -0.05) is 104 Å². The van der Waals surface area contributed by atoms with Crippen molar-refractivity contribution in [3.8, 4) is 0 Å². The summed E-state index contributed by atoms with van der Waals surface area (Å²) in [6, 6.07) is 0. The number of quaternary nitrogens is 1. The van der Waals surface area contributed by atoms with E-state index in [1.807, 2.05) is 21.1 Å². The van der Waals surface area contributed by atoms with Crippen LogP contribution in [0.2, 0.25) is 0 Å². The van der Waals surface area contributed by atoms with Crippen LogP contribution in [0, 0.1) is 0 Å². The van der Waals surface area contributed by atoms with Crippen LogP contribution in [-0.2, 0) is 33.3 Å². The molecule has 0 aliphatic heterocycles. The molecule has 0 rings (SSSR count). The lowest BCUT2D eigenvalue weighted by molar-refractivity contribution is -0.870.